The summed E-state index contributed by atoms with van der Waals surface area (Å²) >= 11 is 0. The Morgan fingerprint density at radius 1 is 1.33 bits per heavy atom. The van der Waals surface area contributed by atoms with Crippen molar-refractivity contribution in [3.05, 3.63) is 29.8 Å². The molecule has 0 radical (unpaired) electrons. The van der Waals surface area contributed by atoms with Gasteiger partial charge >= 0.3 is 0 Å². The van der Waals surface area contributed by atoms with Crippen molar-refractivity contribution in [2.45, 2.75) is 26.3 Å². The van der Waals surface area contributed by atoms with Crippen molar-refractivity contribution in [3.8, 4) is 0 Å². The van der Waals surface area contributed by atoms with Crippen LogP contribution in [0.25, 0.3) is 0 Å². The molecule has 1 aliphatic heterocycles. The summed E-state index contributed by atoms with van der Waals surface area (Å²) in [7, 11) is -3.23. The van der Waals surface area contributed by atoms with Gasteiger partial charge in [-0.1, -0.05) is 12.1 Å². The van der Waals surface area contributed by atoms with Crippen LogP contribution in [0.15, 0.2) is 24.3 Å². The number of benzene rings is 1. The monoisotopic (exact) mass is 268 g/mol. The molecule has 0 aromatic heterocycles. The van der Waals surface area contributed by atoms with Crippen LogP contribution in [0.3, 0.4) is 0 Å². The number of aryl methyl sites for hydroxylation is 1. The highest BCUT2D eigenvalue weighted by atomic mass is 32.2. The van der Waals surface area contributed by atoms with Crippen molar-refractivity contribution < 1.29 is 8.42 Å². The quantitative estimate of drug-likeness (QED) is 0.840. The zero-order valence-electron chi connectivity index (χ0n) is 11.1. The largest absolute Gasteiger partial charge is 0.309 e. The summed E-state index contributed by atoms with van der Waals surface area (Å²) in [5.41, 5.74) is 1.61. The average Bonchev–Trinajstić information content (AvgIpc) is 2.35. The van der Waals surface area contributed by atoms with Crippen LogP contribution in [0.1, 0.15) is 19.4 Å². The lowest BCUT2D eigenvalue weighted by Crippen LogP contribution is -2.47. The summed E-state index contributed by atoms with van der Waals surface area (Å²) < 4.78 is 26.1. The van der Waals surface area contributed by atoms with Crippen LogP contribution >= 0.6 is 0 Å². The number of rotatable bonds is 1. The summed E-state index contributed by atoms with van der Waals surface area (Å²) in [6, 6.07) is 7.63. The molecule has 0 spiro atoms. The lowest BCUT2D eigenvalue weighted by Gasteiger charge is -2.30. The van der Waals surface area contributed by atoms with Crippen LogP contribution in [-0.4, -0.2) is 32.8 Å². The molecule has 0 amide bonds. The second-order valence-electron chi connectivity index (χ2n) is 5.47. The summed E-state index contributed by atoms with van der Waals surface area (Å²) in [5.74, 6) is 0.143. The van der Waals surface area contributed by atoms with Crippen molar-refractivity contribution in [2.24, 2.45) is 0 Å². The fourth-order valence-electron chi connectivity index (χ4n) is 2.18. The Hall–Kier alpha value is -1.07. The molecule has 0 saturated carbocycles. The number of hydrogen-bond acceptors (Lipinski definition) is 3. The molecule has 100 valence electrons. The molecule has 2 rings (SSSR count). The molecule has 1 fully saturated rings. The first-order valence-corrected chi connectivity index (χ1v) is 7.73. The molecule has 1 aromatic carbocycles. The SMILES string of the molecule is Cc1cccc(N2CC(C)(C)NCCS2(=O)=O)c1. The van der Waals surface area contributed by atoms with Crippen molar-refractivity contribution in [2.75, 3.05) is 23.1 Å². The van der Waals surface area contributed by atoms with Crippen LogP contribution < -0.4 is 9.62 Å². The van der Waals surface area contributed by atoms with Gasteiger partial charge in [0.1, 0.15) is 0 Å². The average molecular weight is 268 g/mol. The Balaban J connectivity index is 2.44. The number of sulfonamides is 1. The van der Waals surface area contributed by atoms with Crippen molar-refractivity contribution in [1.29, 1.82) is 0 Å². The van der Waals surface area contributed by atoms with Gasteiger partial charge in [0, 0.05) is 12.1 Å². The minimum atomic E-state index is -3.23. The van der Waals surface area contributed by atoms with Crippen LogP contribution in [0, 0.1) is 6.92 Å². The highest BCUT2D eigenvalue weighted by Gasteiger charge is 2.32. The van der Waals surface area contributed by atoms with E-state index in [2.05, 4.69) is 5.32 Å². The zero-order valence-corrected chi connectivity index (χ0v) is 11.9. The molecule has 4 nitrogen and oxygen atoms in total. The topological polar surface area (TPSA) is 49.4 Å². The van der Waals surface area contributed by atoms with E-state index in [1.165, 1.54) is 4.31 Å². The number of nitrogens with zero attached hydrogens (tertiary/aromatic N) is 1. The lowest BCUT2D eigenvalue weighted by atomic mass is 10.1. The van der Waals surface area contributed by atoms with Gasteiger partial charge < -0.3 is 5.32 Å². The van der Waals surface area contributed by atoms with Gasteiger partial charge in [0.25, 0.3) is 0 Å². The predicted octanol–water partition coefficient (Wildman–Crippen LogP) is 1.51. The van der Waals surface area contributed by atoms with E-state index in [1.54, 1.807) is 0 Å². The third kappa shape index (κ3) is 2.84. The molecule has 0 unspecified atom stereocenters. The highest BCUT2D eigenvalue weighted by Crippen LogP contribution is 2.24. The van der Waals surface area contributed by atoms with E-state index < -0.39 is 10.0 Å². The van der Waals surface area contributed by atoms with E-state index in [0.717, 1.165) is 11.3 Å². The van der Waals surface area contributed by atoms with E-state index >= 15 is 0 Å². The Labute approximate surface area is 109 Å². The fraction of sp³-hybridized carbons (Fsp3) is 0.538. The summed E-state index contributed by atoms with van der Waals surface area (Å²) in [4.78, 5) is 0. The van der Waals surface area contributed by atoms with Crippen LogP contribution in [0.2, 0.25) is 0 Å². The maximum atomic E-state index is 12.3. The van der Waals surface area contributed by atoms with Gasteiger partial charge in [0.15, 0.2) is 0 Å². The fourth-order valence-corrected chi connectivity index (χ4v) is 3.71. The molecule has 1 saturated heterocycles. The van der Waals surface area contributed by atoms with E-state index in [9.17, 15) is 8.42 Å². The summed E-state index contributed by atoms with van der Waals surface area (Å²) in [5, 5.41) is 3.27. The van der Waals surface area contributed by atoms with E-state index in [0.29, 0.717) is 13.1 Å². The van der Waals surface area contributed by atoms with E-state index in [4.69, 9.17) is 0 Å². The van der Waals surface area contributed by atoms with Gasteiger partial charge in [-0.15, -0.1) is 0 Å². The Bertz CT molecular complexity index is 538. The molecule has 1 heterocycles. The molecule has 5 heteroatoms. The normalized spacial score (nSPS) is 22.5. The van der Waals surface area contributed by atoms with Crippen molar-refractivity contribution in [1.82, 2.24) is 5.32 Å². The van der Waals surface area contributed by atoms with E-state index in [1.807, 2.05) is 45.0 Å². The molecule has 1 aromatic rings. The molecular weight excluding hydrogens is 248 g/mol. The number of anilines is 1. The van der Waals surface area contributed by atoms with Gasteiger partial charge in [0.2, 0.25) is 10.0 Å². The zero-order chi connectivity index (χ0) is 13.4. The molecular formula is C13H20N2O2S. The predicted molar refractivity (Wildman–Crippen MR) is 74.4 cm³/mol. The molecule has 18 heavy (non-hydrogen) atoms. The minimum Gasteiger partial charge on any atom is -0.309 e. The van der Waals surface area contributed by atoms with Crippen molar-refractivity contribution in [3.63, 3.8) is 0 Å². The standard InChI is InChI=1S/C13H20N2O2S/c1-11-5-4-6-12(9-11)15-10-13(2,3)14-7-8-18(15,16)17/h4-6,9,14H,7-8,10H2,1-3H3. The molecule has 1 aliphatic rings. The van der Waals surface area contributed by atoms with Gasteiger partial charge in [-0.3, -0.25) is 4.31 Å². The summed E-state index contributed by atoms with van der Waals surface area (Å²) in [6.07, 6.45) is 0. The Morgan fingerprint density at radius 3 is 2.72 bits per heavy atom. The van der Waals surface area contributed by atoms with Gasteiger partial charge in [-0.2, -0.15) is 0 Å². The van der Waals surface area contributed by atoms with Gasteiger partial charge in [0.05, 0.1) is 18.0 Å². The Morgan fingerprint density at radius 2 is 2.06 bits per heavy atom. The molecule has 1 N–H and O–H groups in total. The second kappa shape index (κ2) is 4.55. The van der Waals surface area contributed by atoms with Crippen LogP contribution in [0.5, 0.6) is 0 Å². The smallest absolute Gasteiger partial charge is 0.236 e. The van der Waals surface area contributed by atoms with Crippen LogP contribution in [-0.2, 0) is 10.0 Å². The maximum Gasteiger partial charge on any atom is 0.236 e. The lowest BCUT2D eigenvalue weighted by molar-refractivity contribution is 0.419. The minimum absolute atomic E-state index is 0.143. The molecule has 0 atom stereocenters. The molecule has 0 aliphatic carbocycles. The molecule has 0 bridgehead atoms. The number of nitrogens with one attached hydrogen (secondary N) is 1. The Kier molecular flexibility index (Phi) is 3.38. The van der Waals surface area contributed by atoms with Crippen molar-refractivity contribution >= 4 is 15.7 Å². The third-order valence-electron chi connectivity index (χ3n) is 3.13. The third-order valence-corrected chi connectivity index (χ3v) is 4.86. The second-order valence-corrected chi connectivity index (χ2v) is 7.49. The number of hydrogen-bond donors (Lipinski definition) is 1. The first-order valence-electron chi connectivity index (χ1n) is 6.12. The highest BCUT2D eigenvalue weighted by molar-refractivity contribution is 7.92. The first-order chi connectivity index (χ1) is 8.30. The van der Waals surface area contributed by atoms with Gasteiger partial charge in [-0.25, -0.2) is 8.42 Å². The summed E-state index contributed by atoms with van der Waals surface area (Å²) in [6.45, 7) is 6.97. The van der Waals surface area contributed by atoms with Crippen LogP contribution in [0.4, 0.5) is 5.69 Å². The first kappa shape index (κ1) is 13.4. The van der Waals surface area contributed by atoms with Gasteiger partial charge in [-0.05, 0) is 38.5 Å². The maximum absolute atomic E-state index is 12.3. The van der Waals surface area contributed by atoms with E-state index in [-0.39, 0.29) is 11.3 Å².